The Bertz CT molecular complexity index is 2650. The van der Waals surface area contributed by atoms with Gasteiger partial charge < -0.3 is 35.6 Å². The van der Waals surface area contributed by atoms with Gasteiger partial charge in [-0.1, -0.05) is 98.6 Å². The molecule has 75 heavy (non-hydrogen) atoms. The first-order valence-electron chi connectivity index (χ1n) is 23.9. The lowest BCUT2D eigenvalue weighted by molar-refractivity contribution is 0.0969. The molecular formula is C50H69B2ClN10O10S2. The van der Waals surface area contributed by atoms with Gasteiger partial charge in [-0.3, -0.25) is 9.59 Å². The van der Waals surface area contributed by atoms with Crippen LogP contribution in [-0.4, -0.2) is 136 Å². The molecule has 0 aliphatic rings. The van der Waals surface area contributed by atoms with Crippen molar-refractivity contribution < 1.29 is 46.1 Å². The number of halogens is 1. The molecule has 0 unspecified atom stereocenters. The molecule has 5 N–H and O–H groups in total. The number of amides is 2. The van der Waals surface area contributed by atoms with Gasteiger partial charge >= 0.3 is 0 Å². The Morgan fingerprint density at radius 2 is 1.09 bits per heavy atom. The zero-order valence-corrected chi connectivity index (χ0v) is 45.7. The molecule has 0 saturated heterocycles. The van der Waals surface area contributed by atoms with Crippen molar-refractivity contribution in [3.05, 3.63) is 141 Å². The third-order valence-corrected chi connectivity index (χ3v) is 14.7. The fourth-order valence-electron chi connectivity index (χ4n) is 7.58. The number of benzene rings is 4. The van der Waals surface area contributed by atoms with Gasteiger partial charge in [0.15, 0.2) is 11.6 Å². The summed E-state index contributed by atoms with van der Waals surface area (Å²) >= 11 is 0. The van der Waals surface area contributed by atoms with Crippen molar-refractivity contribution in [3.8, 4) is 11.5 Å². The maximum Gasteiger partial charge on any atom is 0.261 e. The number of carbonyl (C=O) groups excluding carboxylic acids is 2. The summed E-state index contributed by atoms with van der Waals surface area (Å²) in [5.74, 6) is -0.358. The first-order chi connectivity index (χ1) is 35.4. The summed E-state index contributed by atoms with van der Waals surface area (Å²) in [6, 6.07) is 29.4. The topological polar surface area (TPSA) is 298 Å². The smallest absolute Gasteiger partial charge is 0.261 e. The predicted molar refractivity (Wildman–Crippen MR) is 293 cm³/mol. The van der Waals surface area contributed by atoms with E-state index in [1.807, 2.05) is 74.5 Å². The highest BCUT2D eigenvalue weighted by molar-refractivity contribution is 8.13. The summed E-state index contributed by atoms with van der Waals surface area (Å²) < 4.78 is 60.2. The van der Waals surface area contributed by atoms with Crippen LogP contribution in [0.4, 0.5) is 9.59 Å². The third-order valence-electron chi connectivity index (χ3n) is 11.5. The minimum Gasteiger partial charge on any atom is -0.497 e. The first-order valence-corrected chi connectivity index (χ1v) is 27.6. The molecule has 20 nitrogen and oxygen atoms in total. The molecule has 0 bridgehead atoms. The zero-order chi connectivity index (χ0) is 56.1. The molecule has 0 aliphatic heterocycles. The van der Waals surface area contributed by atoms with Gasteiger partial charge in [0.25, 0.3) is 9.05 Å². The Kier molecular flexibility index (Phi) is 29.0. The van der Waals surface area contributed by atoms with E-state index < -0.39 is 60.4 Å². The second-order valence-corrected chi connectivity index (χ2v) is 23.4. The van der Waals surface area contributed by atoms with Crippen LogP contribution in [0.5, 0.6) is 11.5 Å². The van der Waals surface area contributed by atoms with E-state index in [-0.39, 0.29) is 34.7 Å². The number of hydrogen-bond acceptors (Lipinski definition) is 13. The molecule has 2 amide bonds. The van der Waals surface area contributed by atoms with Crippen molar-refractivity contribution in [1.29, 1.82) is 0 Å². The van der Waals surface area contributed by atoms with Gasteiger partial charge in [0, 0.05) is 59.8 Å². The van der Waals surface area contributed by atoms with Crippen LogP contribution in [0.1, 0.15) is 64.5 Å². The van der Waals surface area contributed by atoms with E-state index in [1.165, 1.54) is 54.9 Å². The summed E-state index contributed by atoms with van der Waals surface area (Å²) in [6.07, 6.45) is 1.64. The SMILES string of the molecule is COc1ccc(S(=O)(=O)Cl)cc1.[B]C(=O)N[C@@H](Cc1ccccc1)[C@H](O)CN(CC(C)(C)CCCN=[N+]=[N-])S(=O)(=O)c1ccc(OC)cc1.[B]C(=O)N[C@@H](Cc1ccccc1)[C@H](O)CNCC(C)(C)CCCN=[N+]=[N-]. The Morgan fingerprint density at radius 3 is 1.49 bits per heavy atom. The molecule has 0 heterocycles. The monoisotopic (exact) mass is 1090 g/mol. The normalized spacial score (nSPS) is 13.1. The second-order valence-electron chi connectivity index (χ2n) is 18.9. The van der Waals surface area contributed by atoms with Gasteiger partial charge in [0.2, 0.25) is 25.7 Å². The Labute approximate surface area is 448 Å². The van der Waals surface area contributed by atoms with Crippen LogP contribution in [0.2, 0.25) is 0 Å². The van der Waals surface area contributed by atoms with Crippen LogP contribution in [0.3, 0.4) is 0 Å². The highest BCUT2D eigenvalue weighted by Gasteiger charge is 2.34. The molecule has 0 spiro atoms. The highest BCUT2D eigenvalue weighted by Crippen LogP contribution is 2.29. The van der Waals surface area contributed by atoms with Crippen LogP contribution in [-0.2, 0) is 31.9 Å². The van der Waals surface area contributed by atoms with E-state index in [0.717, 1.165) is 24.0 Å². The summed E-state index contributed by atoms with van der Waals surface area (Å²) in [4.78, 5) is 28.6. The Balaban J connectivity index is 0.000000436. The molecule has 0 aliphatic carbocycles. The van der Waals surface area contributed by atoms with Crippen LogP contribution in [0.25, 0.3) is 20.9 Å². The molecule has 4 atom stereocenters. The molecule has 0 aromatic heterocycles. The van der Waals surface area contributed by atoms with Crippen molar-refractivity contribution >= 4 is 57.1 Å². The fourth-order valence-corrected chi connectivity index (χ4v) is 9.99. The highest BCUT2D eigenvalue weighted by atomic mass is 35.7. The van der Waals surface area contributed by atoms with Gasteiger partial charge in [-0.15, -0.1) is 0 Å². The molecule has 4 radical (unpaired) electrons. The maximum absolute atomic E-state index is 13.7. The van der Waals surface area contributed by atoms with Crippen LogP contribution >= 0.6 is 10.7 Å². The summed E-state index contributed by atoms with van der Waals surface area (Å²) in [5, 5.41) is 37.2. The number of aliphatic hydroxyl groups is 2. The van der Waals surface area contributed by atoms with E-state index in [9.17, 15) is 36.6 Å². The van der Waals surface area contributed by atoms with E-state index in [0.29, 0.717) is 56.9 Å². The number of hydrogen-bond donors (Lipinski definition) is 5. The summed E-state index contributed by atoms with van der Waals surface area (Å²) in [6.45, 7) is 9.71. The Morgan fingerprint density at radius 1 is 0.680 bits per heavy atom. The molecule has 4 aromatic rings. The fraction of sp³-hybridized carbons (Fsp3) is 0.480. The number of ether oxygens (including phenoxy) is 2. The largest absolute Gasteiger partial charge is 0.497 e. The number of aliphatic hydroxyl groups excluding tert-OH is 2. The lowest BCUT2D eigenvalue weighted by Crippen LogP contribution is -2.51. The van der Waals surface area contributed by atoms with Crippen LogP contribution in [0, 0.1) is 10.8 Å². The van der Waals surface area contributed by atoms with Crippen LogP contribution < -0.4 is 25.4 Å². The first kappa shape index (κ1) is 65.3. The number of rotatable bonds is 29. The average molecular weight is 1090 g/mol. The number of nitrogens with one attached hydrogen (secondary N) is 3. The number of methoxy groups -OCH3 is 2. The van der Waals surface area contributed by atoms with E-state index in [2.05, 4.69) is 49.8 Å². The summed E-state index contributed by atoms with van der Waals surface area (Å²) in [7, 11) is 11.0. The molecular weight excluding hydrogens is 1020 g/mol. The molecule has 4 aromatic carbocycles. The van der Waals surface area contributed by atoms with Crippen molar-refractivity contribution in [2.24, 2.45) is 21.1 Å². The number of sulfonamides is 1. The lowest BCUT2D eigenvalue weighted by atomic mass is 9.87. The molecule has 0 fully saturated rings. The van der Waals surface area contributed by atoms with E-state index in [1.54, 1.807) is 12.1 Å². The zero-order valence-electron chi connectivity index (χ0n) is 43.3. The second kappa shape index (κ2) is 33.3. The van der Waals surface area contributed by atoms with Crippen molar-refractivity contribution in [1.82, 2.24) is 20.3 Å². The maximum atomic E-state index is 13.7. The Hall–Kier alpha value is -5.80. The number of carbonyl (C=O) groups is 2. The van der Waals surface area contributed by atoms with E-state index in [4.69, 9.17) is 46.9 Å². The number of nitrogens with zero attached hydrogens (tertiary/aromatic N) is 7. The molecule has 4 rings (SSSR count). The minimum absolute atomic E-state index is 0.0107. The third kappa shape index (κ3) is 26.5. The predicted octanol–water partition coefficient (Wildman–Crippen LogP) is 7.82. The standard InChI is InChI=1S/C25H34BN5O5S.C18H28BN5O2.C7H7ClO3S/c1-25(2,14-7-15-28-30-27)18-31(37(34,35)21-12-10-20(36-3)11-13-21)17-23(32)22(29-24(26)33)16-19-8-5-4-6-9-19;1-18(2,9-6-10-22-24-20)13-21-12-16(25)15(23-17(19)26)11-14-7-4-3-5-8-14;1-11-6-2-4-7(5-3-6)12(8,9)10/h4-6,8-13,22-23,32H,7,14-18H2,1-3H3,(H,29,33);3-5,7-8,15-16,21,25H,6,9-13H2,1-2H3,(H,23,26);2-5H,1H3/t22-,23+;15-,16+;/m00./s1. The van der Waals surface area contributed by atoms with Gasteiger partial charge in [0.05, 0.1) is 48.3 Å². The molecule has 25 heteroatoms. The summed E-state index contributed by atoms with van der Waals surface area (Å²) in [5.41, 5.74) is 18.2. The molecule has 0 saturated carbocycles. The van der Waals surface area contributed by atoms with Crippen molar-refractivity contribution in [2.75, 3.05) is 53.5 Å². The van der Waals surface area contributed by atoms with Crippen LogP contribution in [0.15, 0.2) is 129 Å². The average Bonchev–Trinajstić information content (AvgIpc) is 3.36. The van der Waals surface area contributed by atoms with E-state index >= 15 is 0 Å². The quantitative estimate of drug-likeness (QED) is 0.00872. The van der Waals surface area contributed by atoms with Crippen molar-refractivity contribution in [2.45, 2.75) is 100 Å². The molecule has 404 valence electrons. The van der Waals surface area contributed by atoms with Gasteiger partial charge in [-0.05, 0) is 120 Å². The van der Waals surface area contributed by atoms with Crippen molar-refractivity contribution in [3.63, 3.8) is 0 Å². The van der Waals surface area contributed by atoms with Gasteiger partial charge in [-0.25, -0.2) is 16.8 Å². The lowest BCUT2D eigenvalue weighted by Gasteiger charge is -2.35. The minimum atomic E-state index is -4.03. The number of azide groups is 2. The van der Waals surface area contributed by atoms with Gasteiger partial charge in [0.1, 0.15) is 11.5 Å². The van der Waals surface area contributed by atoms with Gasteiger partial charge in [-0.2, -0.15) is 4.31 Å².